The Morgan fingerprint density at radius 1 is 1.12 bits per heavy atom. The van der Waals surface area contributed by atoms with Gasteiger partial charge in [-0.25, -0.2) is 0 Å². The van der Waals surface area contributed by atoms with Gasteiger partial charge in [-0.2, -0.15) is 0 Å². The van der Waals surface area contributed by atoms with E-state index in [-0.39, 0.29) is 11.5 Å². The molecular weight excluding hydrogens is 196 g/mol. The number of aliphatic hydroxyl groups is 1. The second-order valence-corrected chi connectivity index (χ2v) is 7.51. The molecule has 0 heterocycles. The molecule has 1 nitrogen and oxygen atoms in total. The number of fused-ring (bicyclic) bond motifs is 3. The third-order valence-corrected chi connectivity index (χ3v) is 5.87. The average molecular weight is 220 g/mol. The van der Waals surface area contributed by atoms with Gasteiger partial charge in [0.1, 0.15) is 0 Å². The molecule has 3 aliphatic carbocycles. The summed E-state index contributed by atoms with van der Waals surface area (Å²) in [4.78, 5) is 0. The first-order valence-corrected chi connectivity index (χ1v) is 6.68. The Morgan fingerprint density at radius 2 is 1.81 bits per heavy atom. The first-order valence-electron chi connectivity index (χ1n) is 6.68. The molecule has 16 heavy (non-hydrogen) atoms. The van der Waals surface area contributed by atoms with Crippen molar-refractivity contribution in [3.05, 3.63) is 12.2 Å². The smallest absolute Gasteiger partial charge is 0.0597 e. The molecule has 0 bridgehead atoms. The van der Waals surface area contributed by atoms with E-state index in [9.17, 15) is 5.11 Å². The Balaban J connectivity index is 2.02. The highest BCUT2D eigenvalue weighted by molar-refractivity contribution is 5.25. The molecule has 0 spiro atoms. The van der Waals surface area contributed by atoms with Crippen molar-refractivity contribution in [3.63, 3.8) is 0 Å². The molecule has 1 heteroatoms. The van der Waals surface area contributed by atoms with Crippen molar-refractivity contribution < 1.29 is 5.11 Å². The molecule has 0 aromatic heterocycles. The Hall–Kier alpha value is -0.300. The molecule has 0 aromatic carbocycles. The van der Waals surface area contributed by atoms with Crippen molar-refractivity contribution in [2.24, 2.45) is 28.1 Å². The minimum atomic E-state index is -0.0656. The Morgan fingerprint density at radius 3 is 2.50 bits per heavy atom. The van der Waals surface area contributed by atoms with Gasteiger partial charge in [-0.1, -0.05) is 39.8 Å². The molecule has 2 unspecified atom stereocenters. The van der Waals surface area contributed by atoms with E-state index in [2.05, 4.69) is 39.8 Å². The lowest BCUT2D eigenvalue weighted by Gasteiger charge is -2.38. The van der Waals surface area contributed by atoms with Crippen molar-refractivity contribution in [2.75, 3.05) is 0 Å². The number of hydrogen-bond acceptors (Lipinski definition) is 1. The summed E-state index contributed by atoms with van der Waals surface area (Å²) in [6, 6.07) is 0. The summed E-state index contributed by atoms with van der Waals surface area (Å²) < 4.78 is 0. The fourth-order valence-electron chi connectivity index (χ4n) is 4.75. The lowest BCUT2D eigenvalue weighted by Crippen LogP contribution is -2.32. The van der Waals surface area contributed by atoms with Gasteiger partial charge in [0.2, 0.25) is 0 Å². The van der Waals surface area contributed by atoms with Crippen molar-refractivity contribution in [2.45, 2.75) is 53.1 Å². The van der Waals surface area contributed by atoms with Crippen LogP contribution in [0, 0.1) is 28.1 Å². The first-order chi connectivity index (χ1) is 7.30. The molecule has 0 saturated heterocycles. The van der Waals surface area contributed by atoms with E-state index >= 15 is 0 Å². The van der Waals surface area contributed by atoms with Gasteiger partial charge in [0.25, 0.3) is 0 Å². The maximum Gasteiger partial charge on any atom is 0.0597 e. The third kappa shape index (κ3) is 1.16. The van der Waals surface area contributed by atoms with Crippen LogP contribution < -0.4 is 0 Å². The summed E-state index contributed by atoms with van der Waals surface area (Å²) in [5.41, 5.74) is 0.885. The van der Waals surface area contributed by atoms with Crippen LogP contribution in [0.3, 0.4) is 0 Å². The molecule has 0 aliphatic heterocycles. The molecule has 0 amide bonds. The Bertz CT molecular complexity index is 356. The van der Waals surface area contributed by atoms with Gasteiger partial charge in [0.15, 0.2) is 0 Å². The first kappa shape index (κ1) is 10.8. The van der Waals surface area contributed by atoms with Gasteiger partial charge in [-0.05, 0) is 47.3 Å². The van der Waals surface area contributed by atoms with Gasteiger partial charge < -0.3 is 5.11 Å². The second-order valence-electron chi connectivity index (χ2n) is 7.51. The number of hydrogen-bond donors (Lipinski definition) is 1. The van der Waals surface area contributed by atoms with Crippen molar-refractivity contribution in [1.29, 1.82) is 0 Å². The van der Waals surface area contributed by atoms with E-state index in [0.717, 1.165) is 24.7 Å². The largest absolute Gasteiger partial charge is 0.393 e. The zero-order valence-electron chi connectivity index (χ0n) is 11.0. The number of allylic oxidation sites excluding steroid dienone is 2. The average Bonchev–Trinajstić information content (AvgIpc) is 2.78. The van der Waals surface area contributed by atoms with Crippen LogP contribution >= 0.6 is 0 Å². The lowest BCUT2D eigenvalue weighted by molar-refractivity contribution is 0.0841. The number of aliphatic hydroxyl groups excluding tert-OH is 1. The molecule has 90 valence electrons. The molecule has 2 saturated carbocycles. The minimum Gasteiger partial charge on any atom is -0.393 e. The molecule has 0 aromatic rings. The van der Waals surface area contributed by atoms with Gasteiger partial charge in [0.05, 0.1) is 6.10 Å². The SMILES string of the molecule is CC1(C)C=CC2(C)CC[C@H](O)[C@]3(C)C[C@@H]3C12. The fraction of sp³-hybridized carbons (Fsp3) is 0.867. The van der Waals surface area contributed by atoms with Gasteiger partial charge >= 0.3 is 0 Å². The van der Waals surface area contributed by atoms with E-state index in [1.165, 1.54) is 6.42 Å². The maximum atomic E-state index is 10.3. The maximum absolute atomic E-state index is 10.3. The van der Waals surface area contributed by atoms with Gasteiger partial charge in [-0.3, -0.25) is 0 Å². The highest BCUT2D eigenvalue weighted by Gasteiger charge is 2.66. The summed E-state index contributed by atoms with van der Waals surface area (Å²) in [5, 5.41) is 10.3. The molecule has 3 rings (SSSR count). The van der Waals surface area contributed by atoms with Crippen molar-refractivity contribution >= 4 is 0 Å². The zero-order chi connectivity index (χ0) is 11.8. The quantitative estimate of drug-likeness (QED) is 0.620. The van der Waals surface area contributed by atoms with E-state index in [4.69, 9.17) is 0 Å². The van der Waals surface area contributed by atoms with Crippen molar-refractivity contribution in [3.8, 4) is 0 Å². The highest BCUT2D eigenvalue weighted by Crippen LogP contribution is 2.71. The Kier molecular flexibility index (Phi) is 1.86. The Labute approximate surface area is 98.9 Å². The van der Waals surface area contributed by atoms with E-state index in [0.29, 0.717) is 10.8 Å². The third-order valence-electron chi connectivity index (χ3n) is 5.87. The zero-order valence-corrected chi connectivity index (χ0v) is 11.0. The van der Waals surface area contributed by atoms with E-state index in [1.807, 2.05) is 0 Å². The van der Waals surface area contributed by atoms with Crippen LogP contribution in [0.4, 0.5) is 0 Å². The van der Waals surface area contributed by atoms with E-state index in [1.54, 1.807) is 0 Å². The minimum absolute atomic E-state index is 0.0656. The van der Waals surface area contributed by atoms with Crippen LogP contribution in [0.2, 0.25) is 0 Å². The van der Waals surface area contributed by atoms with Gasteiger partial charge in [-0.15, -0.1) is 0 Å². The predicted molar refractivity (Wildman–Crippen MR) is 66.0 cm³/mol. The van der Waals surface area contributed by atoms with Crippen LogP contribution in [-0.2, 0) is 0 Å². The van der Waals surface area contributed by atoms with Crippen LogP contribution in [0.1, 0.15) is 47.0 Å². The summed E-state index contributed by atoms with van der Waals surface area (Å²) in [7, 11) is 0. The molecule has 0 radical (unpaired) electrons. The highest BCUT2D eigenvalue weighted by atomic mass is 16.3. The lowest BCUT2D eigenvalue weighted by atomic mass is 9.66. The standard InChI is InChI=1S/C15H24O/c1-13(2)7-8-14(3)6-5-11(16)15(4)9-10(15)12(13)14/h7-8,10-12,16H,5-6,9H2,1-4H3/t10-,11+,12?,14?,15-/m1/s1. The van der Waals surface area contributed by atoms with Crippen LogP contribution in [-0.4, -0.2) is 11.2 Å². The monoisotopic (exact) mass is 220 g/mol. The van der Waals surface area contributed by atoms with Crippen LogP contribution in [0.5, 0.6) is 0 Å². The van der Waals surface area contributed by atoms with E-state index < -0.39 is 0 Å². The second kappa shape index (κ2) is 2.75. The molecular formula is C15H24O. The van der Waals surface area contributed by atoms with Crippen molar-refractivity contribution in [1.82, 2.24) is 0 Å². The van der Waals surface area contributed by atoms with Crippen LogP contribution in [0.25, 0.3) is 0 Å². The predicted octanol–water partition coefficient (Wildman–Crippen LogP) is 3.39. The topological polar surface area (TPSA) is 20.2 Å². The van der Waals surface area contributed by atoms with Crippen LogP contribution in [0.15, 0.2) is 12.2 Å². The molecule has 3 aliphatic rings. The van der Waals surface area contributed by atoms with Gasteiger partial charge in [0, 0.05) is 0 Å². The fourth-order valence-corrected chi connectivity index (χ4v) is 4.75. The summed E-state index contributed by atoms with van der Waals surface area (Å²) in [6.45, 7) is 9.44. The molecule has 5 atom stereocenters. The summed E-state index contributed by atoms with van der Waals surface area (Å²) in [6.07, 6.45) is 8.18. The normalized spacial score (nSPS) is 57.7. The summed E-state index contributed by atoms with van der Waals surface area (Å²) in [5.74, 6) is 1.47. The molecule has 1 N–H and O–H groups in total. The summed E-state index contributed by atoms with van der Waals surface area (Å²) >= 11 is 0. The molecule has 2 fully saturated rings. The number of rotatable bonds is 0.